The first-order chi connectivity index (χ1) is 6.85. The van der Waals surface area contributed by atoms with Gasteiger partial charge in [0.15, 0.2) is 5.96 Å². The number of nitrogens with zero attached hydrogens (tertiary/aromatic N) is 1. The molecular formula is C10H23N3O2. The number of guanidine groups is 1. The van der Waals surface area contributed by atoms with Crippen LogP contribution in [0.5, 0.6) is 0 Å². The second-order valence-corrected chi connectivity index (χ2v) is 4.54. The lowest BCUT2D eigenvalue weighted by atomic mass is 10.1. The number of nitrogens with two attached hydrogens (primary N) is 1. The van der Waals surface area contributed by atoms with Crippen LogP contribution in [-0.2, 0) is 4.74 Å². The molecule has 5 heteroatoms. The Labute approximate surface area is 91.7 Å². The van der Waals surface area contributed by atoms with Gasteiger partial charge in [0.25, 0.3) is 0 Å². The van der Waals surface area contributed by atoms with E-state index < -0.39 is 6.10 Å². The molecule has 0 aliphatic rings. The average molecular weight is 217 g/mol. The van der Waals surface area contributed by atoms with Crippen LogP contribution in [0.1, 0.15) is 27.2 Å². The molecule has 0 radical (unpaired) electrons. The van der Waals surface area contributed by atoms with Crippen LogP contribution in [0, 0.1) is 0 Å². The van der Waals surface area contributed by atoms with Gasteiger partial charge in [0.1, 0.15) is 0 Å². The lowest BCUT2D eigenvalue weighted by molar-refractivity contribution is 0.0609. The molecule has 5 nitrogen and oxygen atoms in total. The first kappa shape index (κ1) is 14.2. The minimum atomic E-state index is -0.471. The van der Waals surface area contributed by atoms with Gasteiger partial charge >= 0.3 is 0 Å². The van der Waals surface area contributed by atoms with Gasteiger partial charge in [0, 0.05) is 19.2 Å². The number of aliphatic hydroxyl groups excluding tert-OH is 1. The molecule has 4 N–H and O–H groups in total. The summed E-state index contributed by atoms with van der Waals surface area (Å²) in [5.74, 6) is 0.409. The van der Waals surface area contributed by atoms with Gasteiger partial charge in [-0.25, -0.2) is 0 Å². The number of ether oxygens (including phenoxy) is 1. The molecule has 0 amide bonds. The van der Waals surface area contributed by atoms with Crippen molar-refractivity contribution < 1.29 is 9.84 Å². The zero-order valence-electron chi connectivity index (χ0n) is 10.1. The maximum Gasteiger partial charge on any atom is 0.188 e. The summed E-state index contributed by atoms with van der Waals surface area (Å²) in [6.07, 6.45) is 0.0848. The molecule has 0 aliphatic carbocycles. The fourth-order valence-corrected chi connectivity index (χ4v) is 1.03. The van der Waals surface area contributed by atoms with E-state index in [9.17, 15) is 5.11 Å². The van der Waals surface area contributed by atoms with E-state index in [0.717, 1.165) is 0 Å². The molecule has 1 unspecified atom stereocenters. The summed E-state index contributed by atoms with van der Waals surface area (Å²) in [7, 11) is 1.56. The van der Waals surface area contributed by atoms with Gasteiger partial charge in [-0.15, -0.1) is 0 Å². The standard InChI is InChI=1S/C10H23N3O2/c1-10(2,3)13-9(11)12-6-5-8(14)7-15-4/h8,14H,5-7H2,1-4H3,(H3,11,12,13). The largest absolute Gasteiger partial charge is 0.391 e. The van der Waals surface area contributed by atoms with E-state index in [2.05, 4.69) is 10.3 Å². The van der Waals surface area contributed by atoms with Gasteiger partial charge in [0.2, 0.25) is 0 Å². The number of aliphatic imine (C=N–C) groups is 1. The van der Waals surface area contributed by atoms with Crippen LogP contribution in [0.4, 0.5) is 0 Å². The van der Waals surface area contributed by atoms with Crippen molar-refractivity contribution in [1.29, 1.82) is 0 Å². The van der Waals surface area contributed by atoms with E-state index in [-0.39, 0.29) is 5.54 Å². The maximum atomic E-state index is 9.34. The Morgan fingerprint density at radius 3 is 2.60 bits per heavy atom. The lowest BCUT2D eigenvalue weighted by Gasteiger charge is -2.21. The van der Waals surface area contributed by atoms with Crippen LogP contribution in [0.25, 0.3) is 0 Å². The van der Waals surface area contributed by atoms with Crippen molar-refractivity contribution in [2.45, 2.75) is 38.8 Å². The average Bonchev–Trinajstić information content (AvgIpc) is 2.00. The van der Waals surface area contributed by atoms with E-state index in [1.807, 2.05) is 20.8 Å². The summed E-state index contributed by atoms with van der Waals surface area (Å²) >= 11 is 0. The molecule has 15 heavy (non-hydrogen) atoms. The predicted molar refractivity (Wildman–Crippen MR) is 61.9 cm³/mol. The SMILES string of the molecule is COCC(O)CCN=C(N)NC(C)(C)C. The molecule has 1 atom stereocenters. The van der Waals surface area contributed by atoms with Gasteiger partial charge in [-0.05, 0) is 27.2 Å². The van der Waals surface area contributed by atoms with Crippen molar-refractivity contribution in [2.75, 3.05) is 20.3 Å². The number of hydrogen-bond acceptors (Lipinski definition) is 3. The van der Waals surface area contributed by atoms with E-state index in [4.69, 9.17) is 10.5 Å². The third-order valence-corrected chi connectivity index (χ3v) is 1.61. The molecule has 0 aromatic rings. The number of rotatable bonds is 5. The van der Waals surface area contributed by atoms with Crippen LogP contribution in [-0.4, -0.2) is 43.0 Å². The summed E-state index contributed by atoms with van der Waals surface area (Å²) in [6.45, 7) is 6.86. The fraction of sp³-hybridized carbons (Fsp3) is 0.900. The molecule has 0 aromatic carbocycles. The Balaban J connectivity index is 3.76. The van der Waals surface area contributed by atoms with Gasteiger partial charge in [-0.2, -0.15) is 0 Å². The molecule has 0 fully saturated rings. The highest BCUT2D eigenvalue weighted by molar-refractivity contribution is 5.78. The molecule has 0 bridgehead atoms. The third-order valence-electron chi connectivity index (χ3n) is 1.61. The first-order valence-corrected chi connectivity index (χ1v) is 5.10. The van der Waals surface area contributed by atoms with E-state index in [1.54, 1.807) is 7.11 Å². The van der Waals surface area contributed by atoms with Crippen LogP contribution < -0.4 is 11.1 Å². The number of aliphatic hydroxyl groups is 1. The minimum Gasteiger partial charge on any atom is -0.391 e. The Kier molecular flexibility index (Phi) is 6.27. The van der Waals surface area contributed by atoms with E-state index in [0.29, 0.717) is 25.5 Å². The van der Waals surface area contributed by atoms with Crippen molar-refractivity contribution in [3.63, 3.8) is 0 Å². The smallest absolute Gasteiger partial charge is 0.188 e. The van der Waals surface area contributed by atoms with Crippen LogP contribution in [0.3, 0.4) is 0 Å². The van der Waals surface area contributed by atoms with Crippen molar-refractivity contribution in [2.24, 2.45) is 10.7 Å². The lowest BCUT2D eigenvalue weighted by Crippen LogP contribution is -2.45. The number of methoxy groups -OCH3 is 1. The fourth-order valence-electron chi connectivity index (χ4n) is 1.03. The predicted octanol–water partition coefficient (Wildman–Crippen LogP) is 0.0866. The second-order valence-electron chi connectivity index (χ2n) is 4.54. The third kappa shape index (κ3) is 9.49. The minimum absolute atomic E-state index is 0.0846. The zero-order valence-corrected chi connectivity index (χ0v) is 10.1. The Hall–Kier alpha value is -0.810. The molecule has 90 valence electrons. The summed E-state index contributed by atoms with van der Waals surface area (Å²) < 4.78 is 4.80. The molecule has 0 rings (SSSR count). The van der Waals surface area contributed by atoms with Crippen molar-refractivity contribution >= 4 is 5.96 Å². The van der Waals surface area contributed by atoms with Crippen LogP contribution in [0.2, 0.25) is 0 Å². The van der Waals surface area contributed by atoms with E-state index >= 15 is 0 Å². The normalized spacial score (nSPS) is 15.1. The molecular weight excluding hydrogens is 194 g/mol. The quantitative estimate of drug-likeness (QED) is 0.450. The first-order valence-electron chi connectivity index (χ1n) is 5.10. The van der Waals surface area contributed by atoms with Gasteiger partial charge in [0.05, 0.1) is 12.7 Å². The topological polar surface area (TPSA) is 79.9 Å². The van der Waals surface area contributed by atoms with Gasteiger partial charge < -0.3 is 20.9 Å². The van der Waals surface area contributed by atoms with Crippen molar-refractivity contribution in [3.05, 3.63) is 0 Å². The number of hydrogen-bond donors (Lipinski definition) is 3. The zero-order chi connectivity index (χ0) is 11.9. The molecule has 0 saturated heterocycles. The summed E-state index contributed by atoms with van der Waals surface area (Å²) in [4.78, 5) is 4.10. The van der Waals surface area contributed by atoms with E-state index in [1.165, 1.54) is 0 Å². The Bertz CT molecular complexity index is 199. The summed E-state index contributed by atoms with van der Waals surface area (Å²) in [6, 6.07) is 0. The highest BCUT2D eigenvalue weighted by Crippen LogP contribution is 1.97. The highest BCUT2D eigenvalue weighted by Gasteiger charge is 2.09. The molecule has 0 aliphatic heterocycles. The summed E-state index contributed by atoms with van der Waals surface area (Å²) in [5.41, 5.74) is 5.56. The maximum absolute atomic E-state index is 9.34. The Morgan fingerprint density at radius 1 is 1.53 bits per heavy atom. The monoisotopic (exact) mass is 217 g/mol. The van der Waals surface area contributed by atoms with Crippen molar-refractivity contribution in [3.8, 4) is 0 Å². The van der Waals surface area contributed by atoms with Crippen LogP contribution >= 0.6 is 0 Å². The number of nitrogens with one attached hydrogen (secondary N) is 1. The van der Waals surface area contributed by atoms with Gasteiger partial charge in [-0.3, -0.25) is 4.99 Å². The summed E-state index contributed by atoms with van der Waals surface area (Å²) in [5, 5.41) is 12.4. The van der Waals surface area contributed by atoms with Gasteiger partial charge in [-0.1, -0.05) is 0 Å². The van der Waals surface area contributed by atoms with Crippen LogP contribution in [0.15, 0.2) is 4.99 Å². The molecule has 0 heterocycles. The second kappa shape index (κ2) is 6.63. The molecule has 0 aromatic heterocycles. The molecule has 0 spiro atoms. The van der Waals surface area contributed by atoms with Crippen molar-refractivity contribution in [1.82, 2.24) is 5.32 Å². The Morgan fingerprint density at radius 2 is 2.13 bits per heavy atom. The molecule has 0 saturated carbocycles. The highest BCUT2D eigenvalue weighted by atomic mass is 16.5.